The number of hydrogen-bond acceptors (Lipinski definition) is 7. The van der Waals surface area contributed by atoms with Gasteiger partial charge in [-0.25, -0.2) is 19.2 Å². The Labute approximate surface area is 227 Å². The Balaban J connectivity index is 1.22. The molecule has 2 aromatic heterocycles. The highest BCUT2D eigenvalue weighted by molar-refractivity contribution is 7.20. The molecule has 8 nitrogen and oxygen atoms in total. The number of ether oxygens (including phenoxy) is 2. The van der Waals surface area contributed by atoms with E-state index in [0.29, 0.717) is 48.5 Å². The molecule has 2 aromatic carbocycles. The molecule has 38 heavy (non-hydrogen) atoms. The number of urea groups is 1. The Morgan fingerprint density at radius 2 is 2.05 bits per heavy atom. The molecule has 11 heteroatoms. The molecular weight excluding hydrogens is 529 g/mol. The van der Waals surface area contributed by atoms with Crippen molar-refractivity contribution in [3.05, 3.63) is 76.1 Å². The minimum atomic E-state index is -0.314. The van der Waals surface area contributed by atoms with Crippen LogP contribution in [0.25, 0.3) is 10.2 Å². The minimum Gasteiger partial charge on any atom is -0.487 e. The summed E-state index contributed by atoms with van der Waals surface area (Å²) in [4.78, 5) is 23.4. The predicted octanol–water partition coefficient (Wildman–Crippen LogP) is 5.20. The molecule has 2 N–H and O–H groups in total. The third kappa shape index (κ3) is 6.50. The second-order valence-electron chi connectivity index (χ2n) is 8.30. The Morgan fingerprint density at radius 1 is 1.18 bits per heavy atom. The van der Waals surface area contributed by atoms with Crippen LogP contribution < -0.4 is 15.4 Å². The van der Waals surface area contributed by atoms with Gasteiger partial charge in [0.15, 0.2) is 5.82 Å². The summed E-state index contributed by atoms with van der Waals surface area (Å²) in [6.45, 7) is 2.72. The molecule has 2 amide bonds. The van der Waals surface area contributed by atoms with E-state index in [9.17, 15) is 9.18 Å². The van der Waals surface area contributed by atoms with E-state index in [1.807, 2.05) is 12.1 Å². The van der Waals surface area contributed by atoms with Crippen LogP contribution in [0.3, 0.4) is 0 Å². The minimum absolute atomic E-state index is 0.139. The zero-order valence-electron chi connectivity index (χ0n) is 20.2. The molecule has 5 rings (SSSR count). The van der Waals surface area contributed by atoms with Gasteiger partial charge in [0, 0.05) is 18.8 Å². The summed E-state index contributed by atoms with van der Waals surface area (Å²) in [6.07, 6.45) is 1.48. The van der Waals surface area contributed by atoms with Crippen molar-refractivity contribution < 1.29 is 18.7 Å². The highest BCUT2D eigenvalue weighted by Crippen LogP contribution is 2.33. The maximum Gasteiger partial charge on any atom is 0.318 e. The van der Waals surface area contributed by atoms with Gasteiger partial charge in [0.25, 0.3) is 0 Å². The quantitative estimate of drug-likeness (QED) is 0.320. The number of amides is 2. The van der Waals surface area contributed by atoms with Crippen LogP contribution in [-0.4, -0.2) is 53.7 Å². The number of carbonyl (C=O) groups is 1. The fourth-order valence-corrected chi connectivity index (χ4v) is 4.92. The molecule has 0 saturated carbocycles. The largest absolute Gasteiger partial charge is 0.487 e. The van der Waals surface area contributed by atoms with Crippen LogP contribution in [0.2, 0.25) is 5.02 Å². The summed E-state index contributed by atoms with van der Waals surface area (Å²) in [7, 11) is 0. The van der Waals surface area contributed by atoms with Crippen molar-refractivity contribution in [2.45, 2.75) is 6.61 Å². The Hall–Kier alpha value is -3.91. The lowest BCUT2D eigenvalue weighted by molar-refractivity contribution is 0.0535. The maximum absolute atomic E-state index is 13.4. The number of nitrogens with zero attached hydrogens (tertiary/aromatic N) is 3. The number of aromatic nitrogens is 2. The van der Waals surface area contributed by atoms with Gasteiger partial charge in [-0.3, -0.25) is 0 Å². The molecule has 1 saturated heterocycles. The van der Waals surface area contributed by atoms with Crippen molar-refractivity contribution in [1.29, 1.82) is 0 Å². The topological polar surface area (TPSA) is 88.6 Å². The molecule has 1 fully saturated rings. The lowest BCUT2D eigenvalue weighted by Crippen LogP contribution is -2.46. The zero-order valence-corrected chi connectivity index (χ0v) is 21.7. The molecule has 0 unspecified atom stereocenters. The molecule has 0 radical (unpaired) electrons. The molecule has 0 bridgehead atoms. The molecule has 0 spiro atoms. The molecule has 0 aliphatic carbocycles. The predicted molar refractivity (Wildman–Crippen MR) is 146 cm³/mol. The Morgan fingerprint density at radius 3 is 2.87 bits per heavy atom. The summed E-state index contributed by atoms with van der Waals surface area (Å²) in [5.74, 6) is 6.88. The highest BCUT2D eigenvalue weighted by atomic mass is 35.5. The molecule has 194 valence electrons. The fourth-order valence-electron chi connectivity index (χ4n) is 3.75. The van der Waals surface area contributed by atoms with E-state index in [0.717, 1.165) is 20.8 Å². The number of benzene rings is 2. The first-order chi connectivity index (χ1) is 18.5. The maximum atomic E-state index is 13.4. The normalized spacial score (nSPS) is 13.1. The number of morpholine rings is 1. The van der Waals surface area contributed by atoms with E-state index in [-0.39, 0.29) is 25.0 Å². The van der Waals surface area contributed by atoms with Crippen LogP contribution in [0.4, 0.5) is 20.7 Å². The van der Waals surface area contributed by atoms with Crippen molar-refractivity contribution in [1.82, 2.24) is 20.2 Å². The van der Waals surface area contributed by atoms with Crippen molar-refractivity contribution in [3.63, 3.8) is 0 Å². The summed E-state index contributed by atoms with van der Waals surface area (Å²) < 4.78 is 25.2. The van der Waals surface area contributed by atoms with Crippen molar-refractivity contribution in [3.8, 4) is 17.6 Å². The summed E-state index contributed by atoms with van der Waals surface area (Å²) in [5, 5.41) is 6.50. The first kappa shape index (κ1) is 25.7. The zero-order chi connectivity index (χ0) is 26.3. The van der Waals surface area contributed by atoms with E-state index in [1.165, 1.54) is 29.8 Å². The average Bonchev–Trinajstić information content (AvgIpc) is 3.35. The summed E-state index contributed by atoms with van der Waals surface area (Å²) in [5.41, 5.74) is 2.19. The second kappa shape index (κ2) is 12.1. The summed E-state index contributed by atoms with van der Waals surface area (Å²) in [6, 6.07) is 13.3. The molecule has 4 aromatic rings. The smallest absolute Gasteiger partial charge is 0.318 e. The fraction of sp³-hybridized carbons (Fsp3) is 0.222. The number of rotatable bonds is 6. The SMILES string of the molecule is O=C(NCC#Cc1cc2ncnc(Nc3ccc(OCc4cccc(F)c4)c(Cl)c3)c2s1)N1CCOCC1. The van der Waals surface area contributed by atoms with Gasteiger partial charge in [-0.05, 0) is 42.0 Å². The standard InChI is InChI=1S/C27H23ClFN5O3S/c28-22-14-20(6-7-24(22)37-16-18-3-1-4-19(29)13-18)33-26-25-23(31-17-32-26)15-21(38-25)5-2-8-30-27(35)34-9-11-36-12-10-34/h1,3-4,6-7,13-15,17H,8-12,16H2,(H,30,35)(H,31,32,33). The van der Waals surface area contributed by atoms with Gasteiger partial charge in [0.1, 0.15) is 24.5 Å². The van der Waals surface area contributed by atoms with Gasteiger partial charge in [-0.2, -0.15) is 0 Å². The van der Waals surface area contributed by atoms with Crippen molar-refractivity contribution in [2.75, 3.05) is 38.2 Å². The molecule has 0 atom stereocenters. The number of halogens is 2. The Bertz CT molecular complexity index is 1510. The molecule has 3 heterocycles. The van der Waals surface area contributed by atoms with Gasteiger partial charge in [-0.15, -0.1) is 11.3 Å². The number of anilines is 2. The van der Waals surface area contributed by atoms with Crippen LogP contribution in [0, 0.1) is 17.7 Å². The average molecular weight is 552 g/mol. The second-order valence-corrected chi connectivity index (χ2v) is 9.76. The third-order valence-corrected chi connectivity index (χ3v) is 6.97. The molecular formula is C27H23ClFN5O3S. The van der Waals surface area contributed by atoms with E-state index in [4.69, 9.17) is 21.1 Å². The van der Waals surface area contributed by atoms with Crippen LogP contribution in [0.1, 0.15) is 10.4 Å². The van der Waals surface area contributed by atoms with Gasteiger partial charge >= 0.3 is 6.03 Å². The first-order valence-electron chi connectivity index (χ1n) is 11.8. The lowest BCUT2D eigenvalue weighted by atomic mass is 10.2. The van der Waals surface area contributed by atoms with E-state index >= 15 is 0 Å². The van der Waals surface area contributed by atoms with Crippen LogP contribution in [-0.2, 0) is 11.3 Å². The number of hydrogen-bond donors (Lipinski definition) is 2. The first-order valence-corrected chi connectivity index (χ1v) is 13.0. The van der Waals surface area contributed by atoms with Gasteiger partial charge in [0.2, 0.25) is 0 Å². The Kier molecular flexibility index (Phi) is 8.19. The van der Waals surface area contributed by atoms with Crippen LogP contribution in [0.15, 0.2) is 54.9 Å². The van der Waals surface area contributed by atoms with Gasteiger partial charge in [0.05, 0.1) is 39.9 Å². The van der Waals surface area contributed by atoms with Crippen LogP contribution in [0.5, 0.6) is 5.75 Å². The number of carbonyl (C=O) groups excluding carboxylic acids is 1. The van der Waals surface area contributed by atoms with E-state index < -0.39 is 0 Å². The third-order valence-electron chi connectivity index (χ3n) is 5.63. The molecule has 1 aliphatic heterocycles. The monoisotopic (exact) mass is 551 g/mol. The lowest BCUT2D eigenvalue weighted by Gasteiger charge is -2.26. The highest BCUT2D eigenvalue weighted by Gasteiger charge is 2.15. The summed E-state index contributed by atoms with van der Waals surface area (Å²) >= 11 is 7.89. The number of nitrogens with one attached hydrogen (secondary N) is 2. The van der Waals surface area contributed by atoms with Crippen LogP contribution >= 0.6 is 22.9 Å². The van der Waals surface area contributed by atoms with E-state index in [1.54, 1.807) is 29.2 Å². The van der Waals surface area contributed by atoms with Crippen molar-refractivity contribution in [2.24, 2.45) is 0 Å². The van der Waals surface area contributed by atoms with Gasteiger partial charge in [-0.1, -0.05) is 35.6 Å². The number of fused-ring (bicyclic) bond motifs is 1. The number of thiophene rings is 1. The van der Waals surface area contributed by atoms with Crippen molar-refractivity contribution >= 4 is 50.7 Å². The van der Waals surface area contributed by atoms with Gasteiger partial charge < -0.3 is 25.0 Å². The van der Waals surface area contributed by atoms with E-state index in [2.05, 4.69) is 32.4 Å². The molecule has 1 aliphatic rings.